The van der Waals surface area contributed by atoms with E-state index in [2.05, 4.69) is 5.32 Å². The molecule has 1 aliphatic rings. The number of carbonyl (C=O) groups is 2. The lowest BCUT2D eigenvalue weighted by Crippen LogP contribution is -2.32. The molecule has 1 heterocycles. The van der Waals surface area contributed by atoms with E-state index in [4.69, 9.17) is 0 Å². The molecule has 0 aliphatic carbocycles. The fourth-order valence-electron chi connectivity index (χ4n) is 3.16. The molecule has 0 spiro atoms. The Balaban J connectivity index is 1.51. The fourth-order valence-corrected chi connectivity index (χ4v) is 3.16. The van der Waals surface area contributed by atoms with E-state index >= 15 is 0 Å². The van der Waals surface area contributed by atoms with Gasteiger partial charge in [-0.25, -0.2) is 0 Å². The van der Waals surface area contributed by atoms with Crippen LogP contribution in [0.2, 0.25) is 0 Å². The maximum atomic E-state index is 12.2. The van der Waals surface area contributed by atoms with Gasteiger partial charge in [-0.1, -0.05) is 60.7 Å². The Morgan fingerprint density at radius 2 is 1.13 bits per heavy atom. The van der Waals surface area contributed by atoms with Gasteiger partial charge in [0.1, 0.15) is 0 Å². The average Bonchev–Trinajstić information content (AvgIpc) is 3.03. The lowest BCUT2D eigenvalue weighted by molar-refractivity contribution is 0.0970. The van der Waals surface area contributed by atoms with Gasteiger partial charge in [0.2, 0.25) is 0 Å². The van der Waals surface area contributed by atoms with Gasteiger partial charge in [0.15, 0.2) is 11.6 Å². The number of ketones is 2. The zero-order valence-electron chi connectivity index (χ0n) is 13.1. The highest BCUT2D eigenvalue weighted by atomic mass is 16.1. The van der Waals surface area contributed by atoms with Crippen molar-refractivity contribution in [3.63, 3.8) is 0 Å². The molecule has 0 amide bonds. The quantitative estimate of drug-likeness (QED) is 0.829. The zero-order chi connectivity index (χ0) is 16.1. The van der Waals surface area contributed by atoms with Gasteiger partial charge in [0.05, 0.1) is 0 Å². The Labute approximate surface area is 136 Å². The normalized spacial score (nSPS) is 20.3. The predicted molar refractivity (Wildman–Crippen MR) is 90.7 cm³/mol. The Morgan fingerprint density at radius 3 is 1.52 bits per heavy atom. The highest BCUT2D eigenvalue weighted by Gasteiger charge is 2.27. The van der Waals surface area contributed by atoms with E-state index in [9.17, 15) is 9.59 Å². The summed E-state index contributed by atoms with van der Waals surface area (Å²) in [6, 6.07) is 19.1. The standard InChI is InChI=1S/C20H21NO2/c22-19(15-7-3-1-4-8-15)13-17-11-12-18(21-17)14-20(23)16-9-5-2-6-10-16/h1-10,17-18,21H,11-14H2/t17-,18-/m1/s1. The molecule has 0 unspecified atom stereocenters. The van der Waals surface area contributed by atoms with E-state index in [-0.39, 0.29) is 23.7 Å². The van der Waals surface area contributed by atoms with Crippen LogP contribution in [0.15, 0.2) is 60.7 Å². The lowest BCUT2D eigenvalue weighted by Gasteiger charge is -2.13. The molecule has 2 aromatic carbocycles. The largest absolute Gasteiger partial charge is 0.310 e. The van der Waals surface area contributed by atoms with Crippen LogP contribution in [0.3, 0.4) is 0 Å². The van der Waals surface area contributed by atoms with Crippen molar-refractivity contribution in [1.29, 1.82) is 0 Å². The minimum Gasteiger partial charge on any atom is -0.310 e. The first-order valence-electron chi connectivity index (χ1n) is 8.15. The van der Waals surface area contributed by atoms with Crippen molar-refractivity contribution in [2.45, 2.75) is 37.8 Å². The second-order valence-corrected chi connectivity index (χ2v) is 6.12. The second kappa shape index (κ2) is 7.34. The van der Waals surface area contributed by atoms with Gasteiger partial charge in [0.25, 0.3) is 0 Å². The van der Waals surface area contributed by atoms with Crippen LogP contribution in [0.5, 0.6) is 0 Å². The Hall–Kier alpha value is -2.26. The van der Waals surface area contributed by atoms with E-state index in [1.807, 2.05) is 60.7 Å². The number of carbonyl (C=O) groups excluding carboxylic acids is 2. The smallest absolute Gasteiger partial charge is 0.164 e. The maximum absolute atomic E-state index is 12.2. The van der Waals surface area contributed by atoms with Crippen molar-refractivity contribution in [2.75, 3.05) is 0 Å². The molecular formula is C20H21NO2. The van der Waals surface area contributed by atoms with Crippen molar-refractivity contribution in [3.8, 4) is 0 Å². The van der Waals surface area contributed by atoms with Crippen molar-refractivity contribution in [3.05, 3.63) is 71.8 Å². The van der Waals surface area contributed by atoms with Gasteiger partial charge in [-0.15, -0.1) is 0 Å². The Kier molecular flexibility index (Phi) is 4.99. The minimum atomic E-state index is 0.165. The number of nitrogens with one attached hydrogen (secondary N) is 1. The van der Waals surface area contributed by atoms with E-state index in [0.717, 1.165) is 24.0 Å². The third-order valence-corrected chi connectivity index (χ3v) is 4.39. The topological polar surface area (TPSA) is 46.2 Å². The summed E-state index contributed by atoms with van der Waals surface area (Å²) in [5, 5.41) is 3.45. The monoisotopic (exact) mass is 307 g/mol. The zero-order valence-corrected chi connectivity index (χ0v) is 13.1. The van der Waals surface area contributed by atoms with Crippen molar-refractivity contribution >= 4 is 11.6 Å². The van der Waals surface area contributed by atoms with Crippen molar-refractivity contribution < 1.29 is 9.59 Å². The first kappa shape index (κ1) is 15.6. The van der Waals surface area contributed by atoms with Gasteiger partial charge in [-0.3, -0.25) is 9.59 Å². The molecule has 3 nitrogen and oxygen atoms in total. The van der Waals surface area contributed by atoms with Gasteiger partial charge in [-0.05, 0) is 12.8 Å². The summed E-state index contributed by atoms with van der Waals surface area (Å²) in [5.41, 5.74) is 1.52. The summed E-state index contributed by atoms with van der Waals surface area (Å²) >= 11 is 0. The van der Waals surface area contributed by atoms with E-state index in [1.165, 1.54) is 0 Å². The molecule has 0 saturated carbocycles. The first-order valence-corrected chi connectivity index (χ1v) is 8.15. The van der Waals surface area contributed by atoms with Crippen LogP contribution in [0.4, 0.5) is 0 Å². The van der Waals surface area contributed by atoms with Crippen LogP contribution in [-0.4, -0.2) is 23.7 Å². The lowest BCUT2D eigenvalue weighted by atomic mass is 10.0. The van der Waals surface area contributed by atoms with Crippen LogP contribution in [0, 0.1) is 0 Å². The molecule has 0 bridgehead atoms. The van der Waals surface area contributed by atoms with Crippen LogP contribution in [0.25, 0.3) is 0 Å². The molecule has 1 saturated heterocycles. The number of Topliss-reactive ketones (excluding diaryl/α,β-unsaturated/α-hetero) is 2. The Morgan fingerprint density at radius 1 is 0.739 bits per heavy atom. The van der Waals surface area contributed by atoms with Gasteiger partial charge in [-0.2, -0.15) is 0 Å². The molecule has 118 valence electrons. The van der Waals surface area contributed by atoms with Crippen LogP contribution < -0.4 is 5.32 Å². The van der Waals surface area contributed by atoms with Crippen molar-refractivity contribution in [1.82, 2.24) is 5.32 Å². The third-order valence-electron chi connectivity index (χ3n) is 4.39. The summed E-state index contributed by atoms with van der Waals surface area (Å²) in [4.78, 5) is 24.5. The van der Waals surface area contributed by atoms with Gasteiger partial charge < -0.3 is 5.32 Å². The molecule has 1 N–H and O–H groups in total. The van der Waals surface area contributed by atoms with Crippen LogP contribution >= 0.6 is 0 Å². The first-order chi connectivity index (χ1) is 11.2. The second-order valence-electron chi connectivity index (χ2n) is 6.12. The highest BCUT2D eigenvalue weighted by Crippen LogP contribution is 2.20. The minimum absolute atomic E-state index is 0.165. The summed E-state index contributed by atoms with van der Waals surface area (Å²) < 4.78 is 0. The predicted octanol–water partition coefficient (Wildman–Crippen LogP) is 3.65. The molecule has 2 aromatic rings. The SMILES string of the molecule is O=C(C[C@H]1CC[C@H](CC(=O)c2ccccc2)N1)c1ccccc1. The summed E-state index contributed by atoms with van der Waals surface area (Å²) in [6.07, 6.45) is 2.90. The van der Waals surface area contributed by atoms with Gasteiger partial charge in [0, 0.05) is 36.1 Å². The molecule has 3 heteroatoms. The van der Waals surface area contributed by atoms with Crippen LogP contribution in [0.1, 0.15) is 46.4 Å². The van der Waals surface area contributed by atoms with Crippen molar-refractivity contribution in [2.24, 2.45) is 0 Å². The van der Waals surface area contributed by atoms with E-state index in [0.29, 0.717) is 12.8 Å². The molecule has 1 aliphatic heterocycles. The number of benzene rings is 2. The number of hydrogen-bond acceptors (Lipinski definition) is 3. The van der Waals surface area contributed by atoms with E-state index in [1.54, 1.807) is 0 Å². The Bertz CT molecular complexity index is 607. The van der Waals surface area contributed by atoms with E-state index < -0.39 is 0 Å². The number of hydrogen-bond donors (Lipinski definition) is 1. The molecule has 2 atom stereocenters. The van der Waals surface area contributed by atoms with Gasteiger partial charge >= 0.3 is 0 Å². The molecule has 0 aromatic heterocycles. The summed E-state index contributed by atoms with van der Waals surface area (Å²) in [5.74, 6) is 0.330. The molecular weight excluding hydrogens is 286 g/mol. The molecule has 1 fully saturated rings. The molecule has 23 heavy (non-hydrogen) atoms. The molecule has 0 radical (unpaired) electrons. The fraction of sp³-hybridized carbons (Fsp3) is 0.300. The maximum Gasteiger partial charge on any atom is 0.164 e. The summed E-state index contributed by atoms with van der Waals surface area (Å²) in [6.45, 7) is 0. The summed E-state index contributed by atoms with van der Waals surface area (Å²) in [7, 11) is 0. The average molecular weight is 307 g/mol. The van der Waals surface area contributed by atoms with Crippen LogP contribution in [-0.2, 0) is 0 Å². The third kappa shape index (κ3) is 4.14. The number of rotatable bonds is 6. The highest BCUT2D eigenvalue weighted by molar-refractivity contribution is 5.97. The molecule has 3 rings (SSSR count).